The number of methoxy groups -OCH3 is 1. The smallest absolute Gasteiger partial charge is 0.224 e. The van der Waals surface area contributed by atoms with Crippen molar-refractivity contribution in [3.63, 3.8) is 0 Å². The van der Waals surface area contributed by atoms with Crippen molar-refractivity contribution in [2.75, 3.05) is 30.4 Å². The zero-order chi connectivity index (χ0) is 20.1. The Hall–Kier alpha value is -2.73. The second kappa shape index (κ2) is 8.97. The Morgan fingerprint density at radius 1 is 1.21 bits per heavy atom. The minimum atomic E-state index is -0.118. The molecule has 1 aliphatic heterocycles. The molecule has 2 amide bonds. The van der Waals surface area contributed by atoms with Gasteiger partial charge in [0.05, 0.1) is 19.2 Å². The van der Waals surface area contributed by atoms with Gasteiger partial charge in [-0.05, 0) is 42.3 Å². The first-order valence-electron chi connectivity index (χ1n) is 9.19. The van der Waals surface area contributed by atoms with Crippen molar-refractivity contribution in [3.8, 4) is 5.75 Å². The summed E-state index contributed by atoms with van der Waals surface area (Å²) in [5, 5.41) is 6.47. The molecule has 0 aromatic heterocycles. The molecule has 2 aromatic carbocycles. The fourth-order valence-corrected chi connectivity index (χ4v) is 3.55. The lowest BCUT2D eigenvalue weighted by Gasteiger charge is -2.21. The summed E-state index contributed by atoms with van der Waals surface area (Å²) in [6.07, 6.45) is 1.17. The molecular weight excluding hydrogens is 378 g/mol. The molecule has 0 spiro atoms. The Morgan fingerprint density at radius 3 is 2.64 bits per heavy atom. The van der Waals surface area contributed by atoms with Gasteiger partial charge < -0.3 is 20.3 Å². The van der Waals surface area contributed by atoms with Gasteiger partial charge in [0, 0.05) is 36.8 Å². The van der Waals surface area contributed by atoms with Gasteiger partial charge in [-0.2, -0.15) is 0 Å². The highest BCUT2D eigenvalue weighted by molar-refractivity contribution is 6.30. The third-order valence-corrected chi connectivity index (χ3v) is 4.91. The summed E-state index contributed by atoms with van der Waals surface area (Å²) in [5.41, 5.74) is 2.57. The van der Waals surface area contributed by atoms with E-state index in [1.165, 1.54) is 6.92 Å². The van der Waals surface area contributed by atoms with Crippen molar-refractivity contribution >= 4 is 34.8 Å². The van der Waals surface area contributed by atoms with Gasteiger partial charge in [0.25, 0.3) is 0 Å². The molecule has 0 saturated carbocycles. The molecule has 1 fully saturated rings. The van der Waals surface area contributed by atoms with Crippen molar-refractivity contribution < 1.29 is 14.3 Å². The van der Waals surface area contributed by atoms with Gasteiger partial charge in [0.2, 0.25) is 11.8 Å². The van der Waals surface area contributed by atoms with Crippen molar-refractivity contribution in [3.05, 3.63) is 53.1 Å². The first-order chi connectivity index (χ1) is 13.4. The number of halogens is 1. The van der Waals surface area contributed by atoms with Crippen LogP contribution in [-0.2, 0) is 16.0 Å². The summed E-state index contributed by atoms with van der Waals surface area (Å²) < 4.78 is 5.43. The quantitative estimate of drug-likeness (QED) is 0.779. The Balaban J connectivity index is 1.54. The van der Waals surface area contributed by atoms with Crippen LogP contribution in [0.5, 0.6) is 5.75 Å². The molecule has 2 aromatic rings. The van der Waals surface area contributed by atoms with Crippen LogP contribution < -0.4 is 20.3 Å². The van der Waals surface area contributed by atoms with Crippen LogP contribution in [0, 0.1) is 0 Å². The molecule has 1 saturated heterocycles. The summed E-state index contributed by atoms with van der Waals surface area (Å²) >= 11 is 6.13. The molecule has 1 heterocycles. The fraction of sp³-hybridized carbons (Fsp3) is 0.333. The molecule has 2 N–H and O–H groups in total. The summed E-state index contributed by atoms with van der Waals surface area (Å²) in [4.78, 5) is 25.6. The first kappa shape index (κ1) is 20.0. The molecule has 7 heteroatoms. The van der Waals surface area contributed by atoms with E-state index in [4.69, 9.17) is 16.3 Å². The van der Waals surface area contributed by atoms with E-state index < -0.39 is 0 Å². The predicted molar refractivity (Wildman–Crippen MR) is 111 cm³/mol. The van der Waals surface area contributed by atoms with Gasteiger partial charge in [-0.15, -0.1) is 0 Å². The predicted octanol–water partition coefficient (Wildman–Crippen LogP) is 3.24. The van der Waals surface area contributed by atoms with Gasteiger partial charge in [-0.25, -0.2) is 0 Å². The molecule has 0 radical (unpaired) electrons. The Morgan fingerprint density at radius 2 is 1.96 bits per heavy atom. The van der Waals surface area contributed by atoms with Crippen molar-refractivity contribution in [2.45, 2.75) is 25.8 Å². The molecule has 6 nitrogen and oxygen atoms in total. The van der Waals surface area contributed by atoms with Crippen LogP contribution >= 0.6 is 11.6 Å². The summed E-state index contributed by atoms with van der Waals surface area (Å²) in [6.45, 7) is 3.00. The second-order valence-electron chi connectivity index (χ2n) is 6.87. The number of nitrogens with one attached hydrogen (secondary N) is 2. The number of carbonyl (C=O) groups is 2. The van der Waals surface area contributed by atoms with Crippen molar-refractivity contribution in [1.29, 1.82) is 0 Å². The topological polar surface area (TPSA) is 70.7 Å². The highest BCUT2D eigenvalue weighted by Crippen LogP contribution is 2.33. The number of anilines is 2. The largest absolute Gasteiger partial charge is 0.495 e. The highest BCUT2D eigenvalue weighted by atomic mass is 35.5. The average molecular weight is 402 g/mol. The van der Waals surface area contributed by atoms with E-state index in [1.807, 2.05) is 24.3 Å². The Bertz CT molecular complexity index is 854. The lowest BCUT2D eigenvalue weighted by atomic mass is 10.1. The van der Waals surface area contributed by atoms with E-state index in [-0.39, 0.29) is 17.9 Å². The average Bonchev–Trinajstić information content (AvgIpc) is 3.11. The normalized spacial score (nSPS) is 16.0. The molecular formula is C21H24ClN3O3. The molecule has 0 aliphatic carbocycles. The van der Waals surface area contributed by atoms with Gasteiger partial charge in [0.15, 0.2) is 0 Å². The molecule has 1 atom stereocenters. The number of rotatable bonds is 6. The second-order valence-corrected chi connectivity index (χ2v) is 7.31. The highest BCUT2D eigenvalue weighted by Gasteiger charge is 2.26. The van der Waals surface area contributed by atoms with Gasteiger partial charge in [-0.1, -0.05) is 23.7 Å². The monoisotopic (exact) mass is 401 g/mol. The Labute approximate surface area is 169 Å². The zero-order valence-corrected chi connectivity index (χ0v) is 16.8. The fourth-order valence-electron chi connectivity index (χ4n) is 3.38. The number of carbonyl (C=O) groups excluding carboxylic acids is 2. The number of benzene rings is 2. The van der Waals surface area contributed by atoms with E-state index in [0.29, 0.717) is 18.0 Å². The summed E-state index contributed by atoms with van der Waals surface area (Å²) in [6, 6.07) is 12.9. The number of amides is 2. The molecule has 1 unspecified atom stereocenters. The zero-order valence-electron chi connectivity index (χ0n) is 16.0. The minimum Gasteiger partial charge on any atom is -0.495 e. The first-order valence-corrected chi connectivity index (χ1v) is 9.57. The molecule has 0 bridgehead atoms. The van der Waals surface area contributed by atoms with Crippen molar-refractivity contribution in [2.24, 2.45) is 0 Å². The van der Waals surface area contributed by atoms with Crippen LogP contribution in [-0.4, -0.2) is 38.1 Å². The third kappa shape index (κ3) is 5.16. The van der Waals surface area contributed by atoms with E-state index in [0.717, 1.165) is 35.7 Å². The maximum absolute atomic E-state index is 12.4. The Kier molecular flexibility index (Phi) is 6.41. The molecule has 148 valence electrons. The number of hydrogen-bond donors (Lipinski definition) is 2. The molecule has 3 rings (SSSR count). The standard InChI is InChI=1S/C21H24ClN3O3/c1-14(26)23-17-6-3-15(4-7-17)11-21(27)24-18-9-10-25(13-18)19-12-16(22)5-8-20(19)28-2/h3-8,12,18H,9-11,13H2,1-2H3,(H,23,26)(H,24,27). The van der Waals surface area contributed by atoms with Crippen LogP contribution in [0.4, 0.5) is 11.4 Å². The third-order valence-electron chi connectivity index (χ3n) is 4.67. The number of ether oxygens (including phenoxy) is 1. The van der Waals surface area contributed by atoms with E-state index in [1.54, 1.807) is 25.3 Å². The van der Waals surface area contributed by atoms with Gasteiger partial charge in [-0.3, -0.25) is 9.59 Å². The van der Waals surface area contributed by atoms with Crippen LogP contribution in [0.1, 0.15) is 18.9 Å². The summed E-state index contributed by atoms with van der Waals surface area (Å²) in [7, 11) is 1.64. The van der Waals surface area contributed by atoms with E-state index in [2.05, 4.69) is 15.5 Å². The summed E-state index contributed by atoms with van der Waals surface area (Å²) in [5.74, 6) is 0.639. The number of hydrogen-bond acceptors (Lipinski definition) is 4. The maximum atomic E-state index is 12.4. The SMILES string of the molecule is COc1ccc(Cl)cc1N1CCC(NC(=O)Cc2ccc(NC(C)=O)cc2)C1. The van der Waals surface area contributed by atoms with E-state index >= 15 is 0 Å². The maximum Gasteiger partial charge on any atom is 0.224 e. The van der Waals surface area contributed by atoms with Crippen LogP contribution in [0.3, 0.4) is 0 Å². The van der Waals surface area contributed by atoms with Crippen LogP contribution in [0.2, 0.25) is 5.02 Å². The minimum absolute atomic E-state index is 0.0165. The van der Waals surface area contributed by atoms with Crippen LogP contribution in [0.25, 0.3) is 0 Å². The van der Waals surface area contributed by atoms with E-state index in [9.17, 15) is 9.59 Å². The molecule has 28 heavy (non-hydrogen) atoms. The molecule has 1 aliphatic rings. The lowest BCUT2D eigenvalue weighted by molar-refractivity contribution is -0.121. The van der Waals surface area contributed by atoms with Gasteiger partial charge >= 0.3 is 0 Å². The number of nitrogens with zero attached hydrogens (tertiary/aromatic N) is 1. The van der Waals surface area contributed by atoms with Crippen molar-refractivity contribution in [1.82, 2.24) is 5.32 Å². The lowest BCUT2D eigenvalue weighted by Crippen LogP contribution is -2.38. The van der Waals surface area contributed by atoms with Crippen LogP contribution in [0.15, 0.2) is 42.5 Å². The van der Waals surface area contributed by atoms with Gasteiger partial charge in [0.1, 0.15) is 5.75 Å².